The molecule has 0 spiro atoms. The molecule has 2 aromatic heterocycles. The lowest BCUT2D eigenvalue weighted by molar-refractivity contribution is -0.129. The number of pyridine rings is 1. The summed E-state index contributed by atoms with van der Waals surface area (Å²) in [5.41, 5.74) is 3.70. The maximum Gasteiger partial charge on any atom is 0.257 e. The summed E-state index contributed by atoms with van der Waals surface area (Å²) in [6, 6.07) is 9.95. The SMILES string of the molecule is C[C@@H]1CN(CC(=O)N2CC(C)(C)c3nc(CO)c(Cc4ccc(F)cc4)cc32)[C@@H](C(=O)NCCCCCNC(=O)COc2c(-c3csc(N4CCOCC4)n3)ccc(F)c2F)CN1. The number of aromatic nitrogens is 2. The molecule has 338 valence electrons. The Morgan fingerprint density at radius 1 is 1.02 bits per heavy atom. The third-order valence-electron chi connectivity index (χ3n) is 11.6. The lowest BCUT2D eigenvalue weighted by atomic mass is 9.90. The third-order valence-corrected chi connectivity index (χ3v) is 12.5. The lowest BCUT2D eigenvalue weighted by Gasteiger charge is -2.38. The molecule has 18 heteroatoms. The van der Waals surface area contributed by atoms with Crippen LogP contribution in [0.25, 0.3) is 11.3 Å². The summed E-state index contributed by atoms with van der Waals surface area (Å²) in [7, 11) is 0. The molecule has 2 saturated heterocycles. The van der Waals surface area contributed by atoms with E-state index in [1.165, 1.54) is 29.5 Å². The Bertz CT molecular complexity index is 2260. The molecule has 3 aliphatic heterocycles. The number of hydrogen-bond acceptors (Lipinski definition) is 12. The number of rotatable bonds is 17. The Balaban J connectivity index is 0.866. The van der Waals surface area contributed by atoms with Crippen LogP contribution in [0, 0.1) is 17.5 Å². The van der Waals surface area contributed by atoms with E-state index in [1.807, 2.05) is 31.7 Å². The van der Waals surface area contributed by atoms with Crippen LogP contribution >= 0.6 is 11.3 Å². The molecule has 0 saturated carbocycles. The molecule has 2 aromatic carbocycles. The first-order valence-corrected chi connectivity index (χ1v) is 22.3. The quantitative estimate of drug-likeness (QED) is 0.112. The number of nitrogens with one attached hydrogen (secondary N) is 3. The van der Waals surface area contributed by atoms with Gasteiger partial charge in [-0.05, 0) is 74.1 Å². The van der Waals surface area contributed by atoms with Gasteiger partial charge in [0.1, 0.15) is 11.9 Å². The summed E-state index contributed by atoms with van der Waals surface area (Å²) >= 11 is 1.38. The predicted molar refractivity (Wildman–Crippen MR) is 233 cm³/mol. The van der Waals surface area contributed by atoms with Crippen molar-refractivity contribution in [1.29, 1.82) is 0 Å². The van der Waals surface area contributed by atoms with Crippen LogP contribution in [-0.4, -0.2) is 122 Å². The van der Waals surface area contributed by atoms with Crippen LogP contribution in [0.3, 0.4) is 0 Å². The van der Waals surface area contributed by atoms with Crippen molar-refractivity contribution in [3.63, 3.8) is 0 Å². The molecule has 4 aromatic rings. The highest BCUT2D eigenvalue weighted by atomic mass is 32.1. The van der Waals surface area contributed by atoms with Crippen molar-refractivity contribution in [1.82, 2.24) is 30.8 Å². The largest absolute Gasteiger partial charge is 0.480 e. The number of ether oxygens (including phenoxy) is 2. The van der Waals surface area contributed by atoms with Gasteiger partial charge >= 0.3 is 0 Å². The van der Waals surface area contributed by atoms with Gasteiger partial charge in [-0.15, -0.1) is 11.3 Å². The predicted octanol–water partition coefficient (Wildman–Crippen LogP) is 4.31. The lowest BCUT2D eigenvalue weighted by Crippen LogP contribution is -2.62. The molecule has 7 rings (SSSR count). The number of nitrogens with zero attached hydrogens (tertiary/aromatic N) is 5. The first-order valence-electron chi connectivity index (χ1n) is 21.4. The van der Waals surface area contributed by atoms with Gasteiger partial charge in [-0.1, -0.05) is 26.0 Å². The number of morpholine rings is 1. The maximum atomic E-state index is 14.9. The van der Waals surface area contributed by atoms with Crippen LogP contribution in [-0.2, 0) is 37.6 Å². The number of anilines is 2. The van der Waals surface area contributed by atoms with Crippen molar-refractivity contribution in [3.8, 4) is 17.0 Å². The number of amides is 3. The summed E-state index contributed by atoms with van der Waals surface area (Å²) in [6.07, 6.45) is 2.36. The van der Waals surface area contributed by atoms with Crippen molar-refractivity contribution in [2.45, 2.75) is 70.6 Å². The molecular formula is C45H55F3N8O6S. The van der Waals surface area contributed by atoms with E-state index < -0.39 is 35.6 Å². The van der Waals surface area contributed by atoms with Gasteiger partial charge in [0.2, 0.25) is 17.6 Å². The molecule has 0 unspecified atom stereocenters. The number of thiazole rings is 1. The van der Waals surface area contributed by atoms with Gasteiger partial charge in [-0.3, -0.25) is 24.3 Å². The number of halogens is 3. The van der Waals surface area contributed by atoms with Gasteiger partial charge in [-0.25, -0.2) is 13.8 Å². The second-order valence-electron chi connectivity index (χ2n) is 16.9. The van der Waals surface area contributed by atoms with Gasteiger partial charge in [0.05, 0.1) is 49.1 Å². The summed E-state index contributed by atoms with van der Waals surface area (Å²) in [6.45, 7) is 9.75. The van der Waals surface area contributed by atoms with Crippen LogP contribution in [0.4, 0.5) is 24.0 Å². The fourth-order valence-electron chi connectivity index (χ4n) is 8.19. The van der Waals surface area contributed by atoms with Gasteiger partial charge < -0.3 is 40.3 Å². The standard InChI is InChI=1S/C45H55F3N8O6S/c1-28-22-55(23-39(59)56-27-45(2,3)42-36(56)20-30(34(24-57)52-42)19-29-7-9-31(46)10-8-29)37(21-51-28)43(60)50-14-6-4-5-13-49-38(58)25-62-41-32(11-12-33(47)40(41)48)35-26-63-44(53-35)54-15-17-61-18-16-54/h7-12,20,26,28,37,51,57H,4-6,13-19,21-25,27H2,1-3H3,(H,49,58)(H,50,60)/t28-,37-/m1/s1. The Morgan fingerprint density at radius 3 is 2.51 bits per heavy atom. The van der Waals surface area contributed by atoms with E-state index in [0.717, 1.165) is 28.0 Å². The number of aliphatic hydroxyl groups is 1. The van der Waals surface area contributed by atoms with Crippen LogP contribution in [0.5, 0.6) is 5.75 Å². The summed E-state index contributed by atoms with van der Waals surface area (Å²) < 4.78 is 53.7. The average molecular weight is 893 g/mol. The minimum absolute atomic E-state index is 0.0198. The number of benzene rings is 2. The number of carbonyl (C=O) groups excluding carboxylic acids is 3. The van der Waals surface area contributed by atoms with E-state index in [9.17, 15) is 32.7 Å². The molecule has 2 fully saturated rings. The van der Waals surface area contributed by atoms with E-state index in [2.05, 4.69) is 25.8 Å². The molecule has 0 radical (unpaired) electrons. The normalized spacial score (nSPS) is 18.6. The van der Waals surface area contributed by atoms with Gasteiger partial charge in [0.25, 0.3) is 5.91 Å². The van der Waals surface area contributed by atoms with Crippen molar-refractivity contribution in [2.75, 3.05) is 82.0 Å². The molecule has 3 aliphatic rings. The van der Waals surface area contributed by atoms with Crippen LogP contribution in [0.2, 0.25) is 0 Å². The van der Waals surface area contributed by atoms with E-state index in [1.54, 1.807) is 22.4 Å². The summed E-state index contributed by atoms with van der Waals surface area (Å²) in [4.78, 5) is 55.4. The minimum Gasteiger partial charge on any atom is -0.480 e. The second-order valence-corrected chi connectivity index (χ2v) is 17.7. The second kappa shape index (κ2) is 20.6. The number of hydrogen-bond donors (Lipinski definition) is 4. The van der Waals surface area contributed by atoms with Gasteiger partial charge in [0.15, 0.2) is 23.3 Å². The maximum absolute atomic E-state index is 14.9. The Hall–Kier alpha value is -5.14. The molecule has 0 aliphatic carbocycles. The summed E-state index contributed by atoms with van der Waals surface area (Å²) in [5.74, 6) is -3.84. The average Bonchev–Trinajstić information content (AvgIpc) is 3.86. The van der Waals surface area contributed by atoms with E-state index in [-0.39, 0.29) is 48.1 Å². The third kappa shape index (κ3) is 11.2. The van der Waals surface area contributed by atoms with Crippen molar-refractivity contribution in [2.24, 2.45) is 0 Å². The Morgan fingerprint density at radius 2 is 1.76 bits per heavy atom. The summed E-state index contributed by atoms with van der Waals surface area (Å²) in [5, 5.41) is 21.8. The van der Waals surface area contributed by atoms with Crippen LogP contribution in [0.15, 0.2) is 47.8 Å². The smallest absolute Gasteiger partial charge is 0.257 e. The monoisotopic (exact) mass is 892 g/mol. The fraction of sp³-hybridized carbons (Fsp3) is 0.489. The number of unbranched alkanes of at least 4 members (excludes halogenated alkanes) is 2. The fourth-order valence-corrected chi connectivity index (χ4v) is 9.07. The molecule has 0 bridgehead atoms. The van der Waals surface area contributed by atoms with Crippen molar-refractivity contribution >= 4 is 39.9 Å². The zero-order valence-corrected chi connectivity index (χ0v) is 36.7. The van der Waals surface area contributed by atoms with Gasteiger partial charge in [0, 0.05) is 68.2 Å². The molecule has 5 heterocycles. The van der Waals surface area contributed by atoms with Crippen LogP contribution < -0.4 is 30.5 Å². The Labute approximate surface area is 369 Å². The first kappa shape index (κ1) is 45.9. The van der Waals surface area contributed by atoms with Crippen LogP contribution in [0.1, 0.15) is 62.5 Å². The number of fused-ring (bicyclic) bond motifs is 1. The van der Waals surface area contributed by atoms with Gasteiger partial charge in [-0.2, -0.15) is 4.39 Å². The minimum atomic E-state index is -1.19. The molecular weight excluding hydrogens is 838 g/mol. The van der Waals surface area contributed by atoms with E-state index in [4.69, 9.17) is 14.5 Å². The van der Waals surface area contributed by atoms with E-state index >= 15 is 0 Å². The topological polar surface area (TPSA) is 161 Å². The van der Waals surface area contributed by atoms with Crippen molar-refractivity contribution < 1.29 is 42.1 Å². The van der Waals surface area contributed by atoms with E-state index in [0.29, 0.717) is 102 Å². The highest BCUT2D eigenvalue weighted by Crippen LogP contribution is 2.41. The molecule has 2 atom stereocenters. The first-order chi connectivity index (χ1) is 30.3. The highest BCUT2D eigenvalue weighted by Gasteiger charge is 2.42. The molecule has 63 heavy (non-hydrogen) atoms. The number of aliphatic hydroxyl groups excluding tert-OH is 1. The Kier molecular flexibility index (Phi) is 15.0. The van der Waals surface area contributed by atoms with Crippen molar-refractivity contribution in [3.05, 3.63) is 87.8 Å². The molecule has 14 nitrogen and oxygen atoms in total. The highest BCUT2D eigenvalue weighted by molar-refractivity contribution is 7.14. The molecule has 4 N–H and O–H groups in total. The zero-order valence-electron chi connectivity index (χ0n) is 35.9. The molecule has 3 amide bonds. The zero-order chi connectivity index (χ0) is 44.7. The number of piperazine rings is 1. The number of carbonyl (C=O) groups is 3.